The van der Waals surface area contributed by atoms with E-state index < -0.39 is 21.9 Å². The molecule has 0 radical (unpaired) electrons. The minimum Gasteiger partial charge on any atom is -0.465 e. The number of methoxy groups -OCH3 is 1. The van der Waals surface area contributed by atoms with E-state index in [1.807, 2.05) is 0 Å². The Morgan fingerprint density at radius 3 is 2.43 bits per heavy atom. The van der Waals surface area contributed by atoms with Gasteiger partial charge in [-0.2, -0.15) is 4.31 Å². The number of amides is 1. The highest BCUT2D eigenvalue weighted by Crippen LogP contribution is 2.25. The van der Waals surface area contributed by atoms with Gasteiger partial charge in [-0.25, -0.2) is 13.2 Å². The highest BCUT2D eigenvalue weighted by molar-refractivity contribution is 9.10. The van der Waals surface area contributed by atoms with Crippen LogP contribution in [0, 0.1) is 5.92 Å². The molecule has 1 aliphatic heterocycles. The largest absolute Gasteiger partial charge is 0.465 e. The molecule has 1 heterocycles. The van der Waals surface area contributed by atoms with Gasteiger partial charge in [0.2, 0.25) is 15.9 Å². The second-order valence-electron chi connectivity index (χ2n) is 7.06. The summed E-state index contributed by atoms with van der Waals surface area (Å²) >= 11 is 3.30. The number of rotatable bonds is 6. The third-order valence-electron chi connectivity index (χ3n) is 5.05. The van der Waals surface area contributed by atoms with E-state index in [0.717, 1.165) is 10.0 Å². The van der Waals surface area contributed by atoms with E-state index in [1.54, 1.807) is 48.5 Å². The normalized spacial score (nSPS) is 17.3. The summed E-state index contributed by atoms with van der Waals surface area (Å²) in [6.45, 7) is 0.860. The molecule has 1 atom stereocenters. The average molecular weight is 495 g/mol. The molecule has 30 heavy (non-hydrogen) atoms. The number of carbonyl (C=O) groups excluding carboxylic acids is 2. The van der Waals surface area contributed by atoms with Crippen LogP contribution in [0.3, 0.4) is 0 Å². The Kier molecular flexibility index (Phi) is 7.27. The molecule has 0 bridgehead atoms. The van der Waals surface area contributed by atoms with Gasteiger partial charge in [0.25, 0.3) is 0 Å². The fourth-order valence-corrected chi connectivity index (χ4v) is 5.13. The molecule has 0 aliphatic carbocycles. The van der Waals surface area contributed by atoms with Crippen LogP contribution in [0.4, 0.5) is 0 Å². The number of halogens is 1. The van der Waals surface area contributed by atoms with Crippen LogP contribution < -0.4 is 5.32 Å². The Morgan fingerprint density at radius 1 is 1.13 bits per heavy atom. The molecule has 1 amide bonds. The smallest absolute Gasteiger partial charge is 0.337 e. The molecule has 9 heteroatoms. The van der Waals surface area contributed by atoms with Gasteiger partial charge in [0, 0.05) is 24.1 Å². The summed E-state index contributed by atoms with van der Waals surface area (Å²) in [5.41, 5.74) is 1.28. The number of piperidine rings is 1. The van der Waals surface area contributed by atoms with Crippen LogP contribution in [0.15, 0.2) is 57.9 Å². The van der Waals surface area contributed by atoms with Crippen LogP contribution in [0.1, 0.15) is 28.8 Å². The number of ether oxygens (including phenoxy) is 1. The van der Waals surface area contributed by atoms with Gasteiger partial charge in [-0.15, -0.1) is 0 Å². The number of hydrogen-bond donors (Lipinski definition) is 1. The second kappa shape index (κ2) is 9.72. The Morgan fingerprint density at radius 2 is 1.80 bits per heavy atom. The van der Waals surface area contributed by atoms with Crippen LogP contribution in [0.2, 0.25) is 0 Å². The fraction of sp³-hybridized carbons (Fsp3) is 0.333. The van der Waals surface area contributed by atoms with Gasteiger partial charge in [-0.1, -0.05) is 28.1 Å². The molecule has 1 unspecified atom stereocenters. The Bertz CT molecular complexity index is 1010. The molecule has 1 N–H and O–H groups in total. The zero-order chi connectivity index (χ0) is 21.7. The molecule has 2 aromatic carbocycles. The minimum absolute atomic E-state index is 0.158. The molecule has 0 spiro atoms. The van der Waals surface area contributed by atoms with Crippen molar-refractivity contribution in [1.82, 2.24) is 9.62 Å². The lowest BCUT2D eigenvalue weighted by Crippen LogP contribution is -2.45. The fourth-order valence-electron chi connectivity index (χ4n) is 3.34. The lowest BCUT2D eigenvalue weighted by molar-refractivity contribution is -0.126. The van der Waals surface area contributed by atoms with E-state index >= 15 is 0 Å². The molecule has 160 valence electrons. The molecule has 1 saturated heterocycles. The van der Waals surface area contributed by atoms with E-state index in [1.165, 1.54) is 11.4 Å². The van der Waals surface area contributed by atoms with Gasteiger partial charge in [-0.05, 0) is 54.8 Å². The van der Waals surface area contributed by atoms with Crippen molar-refractivity contribution < 1.29 is 22.7 Å². The van der Waals surface area contributed by atoms with E-state index in [-0.39, 0.29) is 17.3 Å². The molecular formula is C21H23BrN2O5S. The number of nitrogens with one attached hydrogen (secondary N) is 1. The van der Waals surface area contributed by atoms with Gasteiger partial charge in [0.05, 0.1) is 23.5 Å². The number of benzene rings is 2. The van der Waals surface area contributed by atoms with Gasteiger partial charge in [0.15, 0.2) is 0 Å². The molecule has 0 saturated carbocycles. The minimum atomic E-state index is -3.64. The van der Waals surface area contributed by atoms with Crippen LogP contribution in [0.25, 0.3) is 0 Å². The van der Waals surface area contributed by atoms with Gasteiger partial charge < -0.3 is 10.1 Å². The third kappa shape index (κ3) is 5.27. The van der Waals surface area contributed by atoms with Crippen LogP contribution in [-0.4, -0.2) is 44.8 Å². The van der Waals surface area contributed by atoms with Crippen molar-refractivity contribution in [3.05, 3.63) is 64.1 Å². The molecule has 7 nitrogen and oxygen atoms in total. The monoisotopic (exact) mass is 494 g/mol. The van der Waals surface area contributed by atoms with Crippen molar-refractivity contribution in [3.63, 3.8) is 0 Å². The van der Waals surface area contributed by atoms with Crippen LogP contribution >= 0.6 is 15.9 Å². The number of hydrogen-bond acceptors (Lipinski definition) is 5. The predicted molar refractivity (Wildman–Crippen MR) is 115 cm³/mol. The van der Waals surface area contributed by atoms with Crippen molar-refractivity contribution in [2.45, 2.75) is 24.3 Å². The third-order valence-corrected chi connectivity index (χ3v) is 7.46. The first-order chi connectivity index (χ1) is 14.3. The Balaban J connectivity index is 1.60. The van der Waals surface area contributed by atoms with Crippen molar-refractivity contribution in [3.8, 4) is 0 Å². The summed E-state index contributed by atoms with van der Waals surface area (Å²) in [7, 11) is -2.32. The molecule has 0 aromatic heterocycles. The summed E-state index contributed by atoms with van der Waals surface area (Å²) in [4.78, 5) is 24.3. The average Bonchev–Trinajstić information content (AvgIpc) is 2.77. The first kappa shape index (κ1) is 22.5. The lowest BCUT2D eigenvalue weighted by atomic mass is 9.98. The van der Waals surface area contributed by atoms with Gasteiger partial charge in [0.1, 0.15) is 0 Å². The topological polar surface area (TPSA) is 92.8 Å². The summed E-state index contributed by atoms with van der Waals surface area (Å²) < 4.78 is 32.6. The first-order valence-electron chi connectivity index (χ1n) is 9.52. The summed E-state index contributed by atoms with van der Waals surface area (Å²) in [6.07, 6.45) is 1.27. The van der Waals surface area contributed by atoms with Crippen molar-refractivity contribution in [1.29, 1.82) is 0 Å². The number of esters is 1. The van der Waals surface area contributed by atoms with E-state index in [4.69, 9.17) is 0 Å². The maximum absolute atomic E-state index is 12.9. The molecule has 1 aliphatic rings. The van der Waals surface area contributed by atoms with Gasteiger partial charge in [-0.3, -0.25) is 4.79 Å². The Hall–Kier alpha value is -2.23. The molecular weight excluding hydrogens is 472 g/mol. The summed E-state index contributed by atoms with van der Waals surface area (Å²) in [5, 5.41) is 2.87. The first-order valence-corrected chi connectivity index (χ1v) is 11.8. The highest BCUT2D eigenvalue weighted by Gasteiger charge is 2.33. The molecule has 3 rings (SSSR count). The highest BCUT2D eigenvalue weighted by atomic mass is 79.9. The number of carbonyl (C=O) groups is 2. The van der Waals surface area contributed by atoms with E-state index in [9.17, 15) is 18.0 Å². The van der Waals surface area contributed by atoms with Crippen molar-refractivity contribution >= 4 is 37.8 Å². The molecule has 2 aromatic rings. The zero-order valence-electron chi connectivity index (χ0n) is 16.5. The Labute approximate surface area is 184 Å². The van der Waals surface area contributed by atoms with Crippen molar-refractivity contribution in [2.24, 2.45) is 5.92 Å². The number of sulfonamides is 1. The van der Waals surface area contributed by atoms with E-state index in [2.05, 4.69) is 26.0 Å². The zero-order valence-corrected chi connectivity index (χ0v) is 18.9. The number of nitrogens with zero attached hydrogens (tertiary/aromatic N) is 1. The lowest BCUT2D eigenvalue weighted by Gasteiger charge is -2.31. The van der Waals surface area contributed by atoms with Crippen molar-refractivity contribution in [2.75, 3.05) is 20.2 Å². The SMILES string of the molecule is COC(=O)c1ccc(CNC(=O)C2CCCN(S(=O)(=O)c3ccc(Br)cc3)C2)cc1. The van der Waals surface area contributed by atoms with Crippen LogP contribution in [0.5, 0.6) is 0 Å². The van der Waals surface area contributed by atoms with E-state index in [0.29, 0.717) is 31.5 Å². The standard InChI is InChI=1S/C21H23BrN2O5S/c1-29-21(26)16-6-4-15(5-7-16)13-23-20(25)17-3-2-12-24(14-17)30(27,28)19-10-8-18(22)9-11-19/h4-11,17H,2-3,12-14H2,1H3,(H,23,25). The summed E-state index contributed by atoms with van der Waals surface area (Å²) in [5.74, 6) is -0.999. The predicted octanol–water partition coefficient (Wildman–Crippen LogP) is 2.95. The second-order valence-corrected chi connectivity index (χ2v) is 9.92. The van der Waals surface area contributed by atoms with Gasteiger partial charge >= 0.3 is 5.97 Å². The maximum atomic E-state index is 12.9. The molecule has 1 fully saturated rings. The quantitative estimate of drug-likeness (QED) is 0.623. The maximum Gasteiger partial charge on any atom is 0.337 e. The van der Waals surface area contributed by atoms with Crippen LogP contribution in [-0.2, 0) is 26.1 Å². The summed E-state index contributed by atoms with van der Waals surface area (Å²) in [6, 6.07) is 13.3.